The number of hydrogen-bond donors (Lipinski definition) is 0. The fraction of sp³-hybridized carbons (Fsp3) is 0.360. The average molecular weight is 409 g/mol. The second-order valence-electron chi connectivity index (χ2n) is 8.54. The van der Waals surface area contributed by atoms with Gasteiger partial charge in [0.15, 0.2) is 5.72 Å². The zero-order valence-corrected chi connectivity index (χ0v) is 18.4. The Morgan fingerprint density at radius 2 is 1.83 bits per heavy atom. The minimum atomic E-state index is -0.489. The number of benzene rings is 2. The lowest BCUT2D eigenvalue weighted by Crippen LogP contribution is -2.59. The summed E-state index contributed by atoms with van der Waals surface area (Å²) in [4.78, 5) is 4.51. The SMILES string of the molecule is CN(C)c1ccc(/C=C/C=C/C23OCCCN2c2ccc(Cl)cc2C3(C)C)cc1. The molecule has 0 N–H and O–H groups in total. The molecule has 2 aromatic carbocycles. The van der Waals surface area contributed by atoms with E-state index in [1.165, 1.54) is 22.5 Å². The van der Waals surface area contributed by atoms with Crippen molar-refractivity contribution in [2.75, 3.05) is 37.0 Å². The Morgan fingerprint density at radius 3 is 2.55 bits per heavy atom. The molecular weight excluding hydrogens is 380 g/mol. The van der Waals surface area contributed by atoms with E-state index >= 15 is 0 Å². The fourth-order valence-electron chi connectivity index (χ4n) is 4.53. The molecule has 3 nitrogen and oxygen atoms in total. The number of allylic oxidation sites excluding steroid dienone is 2. The first-order chi connectivity index (χ1) is 13.8. The molecule has 0 amide bonds. The predicted molar refractivity (Wildman–Crippen MR) is 124 cm³/mol. The number of ether oxygens (including phenoxy) is 1. The average Bonchev–Trinajstić information content (AvgIpc) is 2.90. The molecule has 1 fully saturated rings. The van der Waals surface area contributed by atoms with Crippen molar-refractivity contribution in [3.8, 4) is 0 Å². The van der Waals surface area contributed by atoms with E-state index in [9.17, 15) is 0 Å². The van der Waals surface area contributed by atoms with Crippen LogP contribution in [0.5, 0.6) is 0 Å². The molecule has 0 radical (unpaired) electrons. The largest absolute Gasteiger partial charge is 0.378 e. The van der Waals surface area contributed by atoms with Gasteiger partial charge >= 0.3 is 0 Å². The summed E-state index contributed by atoms with van der Waals surface area (Å²) >= 11 is 6.33. The van der Waals surface area contributed by atoms with Gasteiger partial charge in [-0.1, -0.05) is 55.8 Å². The molecule has 0 aromatic heterocycles. The number of anilines is 2. The van der Waals surface area contributed by atoms with Crippen LogP contribution in [0.3, 0.4) is 0 Å². The maximum absolute atomic E-state index is 6.48. The highest BCUT2D eigenvalue weighted by Gasteiger charge is 2.57. The molecule has 2 aliphatic rings. The second-order valence-corrected chi connectivity index (χ2v) is 8.98. The van der Waals surface area contributed by atoms with E-state index in [1.54, 1.807) is 0 Å². The van der Waals surface area contributed by atoms with Gasteiger partial charge in [-0.05, 0) is 54.0 Å². The fourth-order valence-corrected chi connectivity index (χ4v) is 4.70. The van der Waals surface area contributed by atoms with Crippen molar-refractivity contribution >= 4 is 29.1 Å². The Balaban J connectivity index is 1.62. The number of hydrogen-bond acceptors (Lipinski definition) is 3. The minimum absolute atomic E-state index is 0.203. The van der Waals surface area contributed by atoms with Crippen LogP contribution in [0, 0.1) is 0 Å². The Bertz CT molecular complexity index is 946. The summed E-state index contributed by atoms with van der Waals surface area (Å²) in [6, 6.07) is 14.7. The Labute approximate surface area is 179 Å². The number of halogens is 1. The summed E-state index contributed by atoms with van der Waals surface area (Å²) in [6.45, 7) is 6.25. The van der Waals surface area contributed by atoms with Crippen LogP contribution >= 0.6 is 11.6 Å². The standard InChI is InChI=1S/C25H29ClN2O/c1-24(2)22-18-20(26)11-14-23(22)28-16-7-17-29-25(24,28)15-6-5-8-19-9-12-21(13-10-19)27(3)4/h5-6,8-15,18H,7,16-17H2,1-4H3/b8-5+,15-6+. The van der Waals surface area contributed by atoms with Crippen molar-refractivity contribution in [3.63, 3.8) is 0 Å². The van der Waals surface area contributed by atoms with Gasteiger partial charge in [0, 0.05) is 42.5 Å². The minimum Gasteiger partial charge on any atom is -0.378 e. The van der Waals surface area contributed by atoms with E-state index in [2.05, 4.69) is 98.4 Å². The number of nitrogens with zero attached hydrogens (tertiary/aromatic N) is 2. The van der Waals surface area contributed by atoms with E-state index in [0.717, 1.165) is 24.6 Å². The van der Waals surface area contributed by atoms with Crippen molar-refractivity contribution in [3.05, 3.63) is 76.8 Å². The summed E-state index contributed by atoms with van der Waals surface area (Å²) in [6.07, 6.45) is 9.59. The lowest BCUT2D eigenvalue weighted by molar-refractivity contribution is -0.0688. The van der Waals surface area contributed by atoms with Crippen molar-refractivity contribution in [1.29, 1.82) is 0 Å². The van der Waals surface area contributed by atoms with Crippen LogP contribution in [0.4, 0.5) is 11.4 Å². The van der Waals surface area contributed by atoms with Gasteiger partial charge in [-0.25, -0.2) is 0 Å². The van der Waals surface area contributed by atoms with E-state index in [-0.39, 0.29) is 5.41 Å². The lowest BCUT2D eigenvalue weighted by Gasteiger charge is -2.48. The second kappa shape index (κ2) is 7.55. The zero-order valence-electron chi connectivity index (χ0n) is 17.7. The molecule has 2 aromatic rings. The first kappa shape index (κ1) is 20.1. The predicted octanol–water partition coefficient (Wildman–Crippen LogP) is 5.89. The third-order valence-corrected chi connectivity index (χ3v) is 6.43. The zero-order chi connectivity index (χ0) is 20.6. The molecule has 2 heterocycles. The highest BCUT2D eigenvalue weighted by Crippen LogP contribution is 2.54. The van der Waals surface area contributed by atoms with Gasteiger partial charge in [0.25, 0.3) is 0 Å². The van der Waals surface area contributed by atoms with Crippen molar-refractivity contribution in [2.45, 2.75) is 31.4 Å². The smallest absolute Gasteiger partial charge is 0.169 e. The Morgan fingerprint density at radius 1 is 1.07 bits per heavy atom. The van der Waals surface area contributed by atoms with E-state index in [4.69, 9.17) is 16.3 Å². The summed E-state index contributed by atoms with van der Waals surface area (Å²) in [5, 5.41) is 0.775. The van der Waals surface area contributed by atoms with Crippen LogP contribution in [0.15, 0.2) is 60.7 Å². The van der Waals surface area contributed by atoms with E-state index in [1.807, 2.05) is 6.07 Å². The molecule has 0 aliphatic carbocycles. The molecule has 4 heteroatoms. The van der Waals surface area contributed by atoms with Gasteiger partial charge in [0.1, 0.15) is 0 Å². The third kappa shape index (κ3) is 3.37. The molecule has 1 atom stereocenters. The van der Waals surface area contributed by atoms with Gasteiger partial charge in [0.05, 0.1) is 6.61 Å². The highest BCUT2D eigenvalue weighted by atomic mass is 35.5. The summed E-state index contributed by atoms with van der Waals surface area (Å²) in [5.74, 6) is 0. The van der Waals surface area contributed by atoms with Crippen LogP contribution in [0.2, 0.25) is 5.02 Å². The van der Waals surface area contributed by atoms with Crippen LogP contribution in [0.1, 0.15) is 31.4 Å². The molecule has 0 bridgehead atoms. The maximum Gasteiger partial charge on any atom is 0.169 e. The van der Waals surface area contributed by atoms with Crippen LogP contribution in [-0.4, -0.2) is 33.0 Å². The molecule has 4 rings (SSSR count). The van der Waals surface area contributed by atoms with Crippen LogP contribution in [-0.2, 0) is 10.2 Å². The van der Waals surface area contributed by atoms with Gasteiger partial charge in [-0.2, -0.15) is 0 Å². The quantitative estimate of drug-likeness (QED) is 0.586. The molecule has 0 saturated carbocycles. The first-order valence-corrected chi connectivity index (χ1v) is 10.6. The van der Waals surface area contributed by atoms with E-state index < -0.39 is 5.72 Å². The lowest BCUT2D eigenvalue weighted by atomic mass is 9.77. The molecule has 1 saturated heterocycles. The van der Waals surface area contributed by atoms with Gasteiger partial charge < -0.3 is 14.5 Å². The van der Waals surface area contributed by atoms with Gasteiger partial charge in [-0.15, -0.1) is 0 Å². The molecular formula is C25H29ClN2O. The Kier molecular flexibility index (Phi) is 5.22. The Hall–Kier alpha value is -2.23. The molecule has 0 spiro atoms. The monoisotopic (exact) mass is 408 g/mol. The van der Waals surface area contributed by atoms with Crippen molar-refractivity contribution < 1.29 is 4.74 Å². The number of fused-ring (bicyclic) bond motifs is 3. The third-order valence-electron chi connectivity index (χ3n) is 6.20. The van der Waals surface area contributed by atoms with Gasteiger partial charge in [0.2, 0.25) is 0 Å². The summed E-state index contributed by atoms with van der Waals surface area (Å²) < 4.78 is 6.48. The van der Waals surface area contributed by atoms with Crippen LogP contribution < -0.4 is 9.80 Å². The first-order valence-electron chi connectivity index (χ1n) is 10.2. The topological polar surface area (TPSA) is 15.7 Å². The normalized spacial score (nSPS) is 22.9. The molecule has 2 aliphatic heterocycles. The number of rotatable bonds is 4. The molecule has 1 unspecified atom stereocenters. The van der Waals surface area contributed by atoms with Crippen molar-refractivity contribution in [2.24, 2.45) is 0 Å². The summed E-state index contributed by atoms with van der Waals surface area (Å²) in [5.41, 5.74) is 4.17. The maximum atomic E-state index is 6.48. The van der Waals surface area contributed by atoms with Crippen molar-refractivity contribution in [1.82, 2.24) is 0 Å². The summed E-state index contributed by atoms with van der Waals surface area (Å²) in [7, 11) is 4.11. The molecule has 29 heavy (non-hydrogen) atoms. The van der Waals surface area contributed by atoms with Gasteiger partial charge in [-0.3, -0.25) is 0 Å². The van der Waals surface area contributed by atoms with E-state index in [0.29, 0.717) is 0 Å². The van der Waals surface area contributed by atoms with Crippen LogP contribution in [0.25, 0.3) is 6.08 Å². The highest BCUT2D eigenvalue weighted by molar-refractivity contribution is 6.30. The molecule has 152 valence electrons.